The highest BCUT2D eigenvalue weighted by molar-refractivity contribution is 5.82. The highest BCUT2D eigenvalue weighted by atomic mass is 16.5. The van der Waals surface area contributed by atoms with Gasteiger partial charge in [-0.1, -0.05) is 35.9 Å². The summed E-state index contributed by atoms with van der Waals surface area (Å²) in [7, 11) is 3.95. The summed E-state index contributed by atoms with van der Waals surface area (Å²) in [6.45, 7) is 5.93. The summed E-state index contributed by atoms with van der Waals surface area (Å²) < 4.78 is 6.03. The lowest BCUT2D eigenvalue weighted by Crippen LogP contribution is -2.41. The van der Waals surface area contributed by atoms with Crippen LogP contribution in [0.15, 0.2) is 42.5 Å². The number of benzene rings is 2. The number of carbonyl (C=O) groups excluding carboxylic acids is 2. The molecule has 2 aliphatic rings. The molecule has 1 aliphatic heterocycles. The van der Waals surface area contributed by atoms with Gasteiger partial charge in [-0.25, -0.2) is 0 Å². The van der Waals surface area contributed by atoms with Gasteiger partial charge in [-0.3, -0.25) is 9.59 Å². The van der Waals surface area contributed by atoms with E-state index in [-0.39, 0.29) is 23.8 Å². The second kappa shape index (κ2) is 9.96. The zero-order valence-corrected chi connectivity index (χ0v) is 20.1. The summed E-state index contributed by atoms with van der Waals surface area (Å²) >= 11 is 0. The number of nitrogens with one attached hydrogen (secondary N) is 1. The quantitative estimate of drug-likeness (QED) is 0.672. The van der Waals surface area contributed by atoms with Crippen molar-refractivity contribution in [3.05, 3.63) is 64.7 Å². The van der Waals surface area contributed by atoms with Crippen LogP contribution in [0.4, 0.5) is 0 Å². The van der Waals surface area contributed by atoms with Gasteiger partial charge in [-0.2, -0.15) is 0 Å². The maximum absolute atomic E-state index is 13.2. The van der Waals surface area contributed by atoms with Crippen molar-refractivity contribution in [2.75, 3.05) is 33.7 Å². The van der Waals surface area contributed by atoms with Crippen molar-refractivity contribution in [2.24, 2.45) is 5.92 Å². The molecule has 1 N–H and O–H groups in total. The van der Waals surface area contributed by atoms with Gasteiger partial charge in [0.2, 0.25) is 5.91 Å². The van der Waals surface area contributed by atoms with Gasteiger partial charge in [-0.15, -0.1) is 0 Å². The third-order valence-electron chi connectivity index (χ3n) is 6.49. The van der Waals surface area contributed by atoms with Gasteiger partial charge < -0.3 is 19.9 Å². The molecule has 1 saturated carbocycles. The third kappa shape index (κ3) is 5.56. The number of hydrogen-bond acceptors (Lipinski definition) is 4. The molecule has 2 atom stereocenters. The number of rotatable bonds is 8. The standard InChI is InChI=1S/C27H35N3O3/c1-18-5-7-21(8-6-18)25-24-17-23(33-19(2)26(31)28-14-16-29(3)4)12-11-20(24)13-15-30(25)27(32)22-9-10-22/h5-8,11-12,17,19,22,25H,9-10,13-16H2,1-4H3,(H,28,31). The van der Waals surface area contributed by atoms with Crippen LogP contribution in [0, 0.1) is 12.8 Å². The molecular weight excluding hydrogens is 414 g/mol. The van der Waals surface area contributed by atoms with Gasteiger partial charge in [0.1, 0.15) is 5.75 Å². The molecule has 4 rings (SSSR count). The van der Waals surface area contributed by atoms with E-state index in [0.717, 1.165) is 43.5 Å². The Balaban J connectivity index is 1.57. The van der Waals surface area contributed by atoms with E-state index in [0.29, 0.717) is 12.3 Å². The topological polar surface area (TPSA) is 61.9 Å². The highest BCUT2D eigenvalue weighted by Crippen LogP contribution is 2.41. The van der Waals surface area contributed by atoms with E-state index in [4.69, 9.17) is 4.74 Å². The zero-order chi connectivity index (χ0) is 23.5. The molecular formula is C27H35N3O3. The lowest BCUT2D eigenvalue weighted by Gasteiger charge is -2.38. The summed E-state index contributed by atoms with van der Waals surface area (Å²) in [5, 5.41) is 2.92. The first kappa shape index (κ1) is 23.3. The van der Waals surface area contributed by atoms with Crippen molar-refractivity contribution in [1.82, 2.24) is 15.1 Å². The normalized spacial score (nSPS) is 18.6. The first-order valence-electron chi connectivity index (χ1n) is 11.9. The predicted molar refractivity (Wildman–Crippen MR) is 129 cm³/mol. The average Bonchev–Trinajstić information content (AvgIpc) is 3.63. The fraction of sp³-hybridized carbons (Fsp3) is 0.481. The average molecular weight is 450 g/mol. The van der Waals surface area contributed by atoms with E-state index in [1.54, 1.807) is 6.92 Å². The smallest absolute Gasteiger partial charge is 0.260 e. The summed E-state index contributed by atoms with van der Waals surface area (Å²) in [6, 6.07) is 14.4. The molecule has 1 fully saturated rings. The van der Waals surface area contributed by atoms with Crippen LogP contribution in [0.5, 0.6) is 5.75 Å². The van der Waals surface area contributed by atoms with Crippen molar-refractivity contribution in [1.29, 1.82) is 0 Å². The second-order valence-corrected chi connectivity index (χ2v) is 9.58. The van der Waals surface area contributed by atoms with Crippen molar-refractivity contribution < 1.29 is 14.3 Å². The summed E-state index contributed by atoms with van der Waals surface area (Å²) in [6.07, 6.45) is 2.21. The minimum absolute atomic E-state index is 0.129. The molecule has 2 unspecified atom stereocenters. The Kier molecular flexibility index (Phi) is 7.03. The van der Waals surface area contributed by atoms with E-state index >= 15 is 0 Å². The molecule has 33 heavy (non-hydrogen) atoms. The Morgan fingerprint density at radius 1 is 1.15 bits per heavy atom. The van der Waals surface area contributed by atoms with Crippen molar-refractivity contribution in [3.63, 3.8) is 0 Å². The maximum Gasteiger partial charge on any atom is 0.260 e. The molecule has 2 aromatic rings. The Bertz CT molecular complexity index is 998. The van der Waals surface area contributed by atoms with E-state index in [2.05, 4.69) is 42.6 Å². The van der Waals surface area contributed by atoms with E-state index in [1.807, 2.05) is 36.0 Å². The number of carbonyl (C=O) groups is 2. The maximum atomic E-state index is 13.2. The number of likely N-dealkylation sites (N-methyl/N-ethyl adjacent to an activating group) is 1. The summed E-state index contributed by atoms with van der Waals surface area (Å²) in [5.41, 5.74) is 4.64. The van der Waals surface area contributed by atoms with Crippen LogP contribution in [0.2, 0.25) is 0 Å². The molecule has 0 bridgehead atoms. The molecule has 2 amide bonds. The fourth-order valence-corrected chi connectivity index (χ4v) is 4.38. The zero-order valence-electron chi connectivity index (χ0n) is 20.1. The fourth-order valence-electron chi connectivity index (χ4n) is 4.38. The minimum Gasteiger partial charge on any atom is -0.481 e. The van der Waals surface area contributed by atoms with Crippen LogP contribution < -0.4 is 10.1 Å². The first-order valence-corrected chi connectivity index (χ1v) is 11.9. The molecule has 0 saturated heterocycles. The molecule has 6 heteroatoms. The van der Waals surface area contributed by atoms with Gasteiger partial charge in [-0.05, 0) is 76.0 Å². The Morgan fingerprint density at radius 3 is 2.55 bits per heavy atom. The third-order valence-corrected chi connectivity index (χ3v) is 6.49. The second-order valence-electron chi connectivity index (χ2n) is 9.58. The van der Waals surface area contributed by atoms with Crippen LogP contribution in [-0.4, -0.2) is 61.4 Å². The van der Waals surface area contributed by atoms with Gasteiger partial charge >= 0.3 is 0 Å². The van der Waals surface area contributed by atoms with E-state index in [1.165, 1.54) is 11.1 Å². The summed E-state index contributed by atoms with van der Waals surface area (Å²) in [5.74, 6) is 0.952. The monoisotopic (exact) mass is 449 g/mol. The molecule has 176 valence electrons. The lowest BCUT2D eigenvalue weighted by molar-refractivity contribution is -0.134. The Hall–Kier alpha value is -2.86. The number of hydrogen-bond donors (Lipinski definition) is 1. The van der Waals surface area contributed by atoms with Gasteiger partial charge in [0.25, 0.3) is 5.91 Å². The van der Waals surface area contributed by atoms with Crippen LogP contribution in [0.1, 0.15) is 48.1 Å². The Labute approximate surface area is 196 Å². The number of ether oxygens (including phenoxy) is 1. The van der Waals surface area contributed by atoms with Crippen molar-refractivity contribution >= 4 is 11.8 Å². The van der Waals surface area contributed by atoms with Crippen LogP contribution in [0.3, 0.4) is 0 Å². The molecule has 0 spiro atoms. The molecule has 1 aliphatic carbocycles. The molecule has 0 radical (unpaired) electrons. The van der Waals surface area contributed by atoms with Crippen LogP contribution in [-0.2, 0) is 16.0 Å². The van der Waals surface area contributed by atoms with Gasteiger partial charge in [0.05, 0.1) is 6.04 Å². The van der Waals surface area contributed by atoms with E-state index < -0.39 is 6.10 Å². The SMILES string of the molecule is Cc1ccc(C2c3cc(OC(C)C(=O)NCCN(C)C)ccc3CCN2C(=O)C2CC2)cc1. The van der Waals surface area contributed by atoms with Crippen molar-refractivity contribution in [3.8, 4) is 5.75 Å². The lowest BCUT2D eigenvalue weighted by atomic mass is 9.87. The molecule has 1 heterocycles. The van der Waals surface area contributed by atoms with Gasteiger partial charge in [0, 0.05) is 25.6 Å². The largest absolute Gasteiger partial charge is 0.481 e. The van der Waals surface area contributed by atoms with Gasteiger partial charge in [0.15, 0.2) is 6.10 Å². The highest BCUT2D eigenvalue weighted by Gasteiger charge is 2.39. The van der Waals surface area contributed by atoms with E-state index in [9.17, 15) is 9.59 Å². The van der Waals surface area contributed by atoms with Crippen LogP contribution >= 0.6 is 0 Å². The number of fused-ring (bicyclic) bond motifs is 1. The summed E-state index contributed by atoms with van der Waals surface area (Å²) in [4.78, 5) is 29.7. The molecule has 0 aromatic heterocycles. The van der Waals surface area contributed by atoms with Crippen LogP contribution in [0.25, 0.3) is 0 Å². The Morgan fingerprint density at radius 2 is 1.88 bits per heavy atom. The molecule has 6 nitrogen and oxygen atoms in total. The number of amides is 2. The van der Waals surface area contributed by atoms with Crippen molar-refractivity contribution in [2.45, 2.75) is 45.3 Å². The molecule has 2 aromatic carbocycles. The first-order chi connectivity index (χ1) is 15.8. The number of aryl methyl sites for hydroxylation is 1. The predicted octanol–water partition coefficient (Wildman–Crippen LogP) is 3.32. The number of nitrogens with zero attached hydrogens (tertiary/aromatic N) is 2. The minimum atomic E-state index is -0.601.